The fourth-order valence-electron chi connectivity index (χ4n) is 3.37. The molecule has 1 aromatic rings. The summed E-state index contributed by atoms with van der Waals surface area (Å²) in [5, 5.41) is 2.95. The summed E-state index contributed by atoms with van der Waals surface area (Å²) in [4.78, 5) is 12.7. The Hall–Kier alpha value is -1.80. The van der Waals surface area contributed by atoms with Gasteiger partial charge in [0, 0.05) is 18.2 Å². The first-order chi connectivity index (χ1) is 12.5. The smallest absolute Gasteiger partial charge is 0.387 e. The molecule has 0 bridgehead atoms. The van der Waals surface area contributed by atoms with Gasteiger partial charge in [-0.05, 0) is 30.9 Å². The summed E-state index contributed by atoms with van der Waals surface area (Å²) in [6, 6.07) is 2.57. The zero-order valence-corrected chi connectivity index (χ0v) is 16.3. The number of nitrogens with two attached hydrogens (primary N) is 1. The van der Waals surface area contributed by atoms with Crippen LogP contribution in [0.3, 0.4) is 0 Å². The zero-order chi connectivity index (χ0) is 19.1. The zero-order valence-electron chi connectivity index (χ0n) is 15.5. The van der Waals surface area contributed by atoms with Gasteiger partial charge in [0.1, 0.15) is 0 Å². The molecule has 0 heterocycles. The molecule has 27 heavy (non-hydrogen) atoms. The summed E-state index contributed by atoms with van der Waals surface area (Å²) < 4.78 is 39.8. The number of carbonyl (C=O) groups excluding carboxylic acids is 1. The third-order valence-electron chi connectivity index (χ3n) is 4.72. The molecule has 9 heteroatoms. The second-order valence-electron chi connectivity index (χ2n) is 6.30. The van der Waals surface area contributed by atoms with Crippen LogP contribution in [0.4, 0.5) is 8.78 Å². The average molecular weight is 409 g/mol. The van der Waals surface area contributed by atoms with Crippen molar-refractivity contribution in [3.63, 3.8) is 0 Å². The number of halogens is 3. The van der Waals surface area contributed by atoms with Crippen LogP contribution in [0.25, 0.3) is 0 Å². The Balaban J connectivity index is 0.00000364. The summed E-state index contributed by atoms with van der Waals surface area (Å²) in [5.41, 5.74) is 6.08. The Morgan fingerprint density at radius 2 is 1.74 bits per heavy atom. The first-order valence-electron chi connectivity index (χ1n) is 8.71. The molecule has 0 spiro atoms. The van der Waals surface area contributed by atoms with Gasteiger partial charge >= 0.3 is 6.61 Å². The van der Waals surface area contributed by atoms with Crippen molar-refractivity contribution in [2.45, 2.75) is 44.8 Å². The van der Waals surface area contributed by atoms with Crippen molar-refractivity contribution in [3.8, 4) is 17.2 Å². The maximum absolute atomic E-state index is 12.7. The van der Waals surface area contributed by atoms with E-state index in [1.54, 1.807) is 0 Å². The third-order valence-corrected chi connectivity index (χ3v) is 4.72. The van der Waals surface area contributed by atoms with Crippen LogP contribution in [-0.4, -0.2) is 39.3 Å². The molecule has 2 rings (SSSR count). The highest BCUT2D eigenvalue weighted by Crippen LogP contribution is 2.39. The lowest BCUT2D eigenvalue weighted by atomic mass is 9.84. The summed E-state index contributed by atoms with van der Waals surface area (Å²) in [7, 11) is 2.61. The topological polar surface area (TPSA) is 82.8 Å². The van der Waals surface area contributed by atoms with Gasteiger partial charge in [-0.1, -0.05) is 19.3 Å². The maximum Gasteiger partial charge on any atom is 0.387 e. The van der Waals surface area contributed by atoms with Crippen molar-refractivity contribution in [3.05, 3.63) is 17.7 Å². The number of benzene rings is 1. The number of carbonyl (C=O) groups is 1. The summed E-state index contributed by atoms with van der Waals surface area (Å²) >= 11 is 0. The summed E-state index contributed by atoms with van der Waals surface area (Å²) in [5.74, 6) is -0.258. The minimum Gasteiger partial charge on any atom is -0.493 e. The second kappa shape index (κ2) is 11.1. The Morgan fingerprint density at radius 1 is 1.19 bits per heavy atom. The van der Waals surface area contributed by atoms with Crippen molar-refractivity contribution >= 4 is 18.3 Å². The molecule has 0 saturated heterocycles. The summed E-state index contributed by atoms with van der Waals surface area (Å²) in [6.07, 6.45) is 5.56. The minimum absolute atomic E-state index is 0. The highest BCUT2D eigenvalue weighted by atomic mass is 35.5. The van der Waals surface area contributed by atoms with Gasteiger partial charge in [0.15, 0.2) is 11.5 Å². The van der Waals surface area contributed by atoms with Gasteiger partial charge in [-0.15, -0.1) is 12.4 Å². The molecule has 1 unspecified atom stereocenters. The number of methoxy groups -OCH3 is 2. The van der Waals surface area contributed by atoms with E-state index in [1.807, 2.05) is 0 Å². The van der Waals surface area contributed by atoms with E-state index in [0.717, 1.165) is 25.7 Å². The van der Waals surface area contributed by atoms with Gasteiger partial charge in [0.05, 0.1) is 14.2 Å². The van der Waals surface area contributed by atoms with Gasteiger partial charge < -0.3 is 25.3 Å². The third kappa shape index (κ3) is 6.10. The fraction of sp³-hybridized carbons (Fsp3) is 0.611. The molecule has 1 aliphatic rings. The fourth-order valence-corrected chi connectivity index (χ4v) is 3.37. The Bertz CT molecular complexity index is 588. The molecule has 0 aromatic heterocycles. The first-order valence-corrected chi connectivity index (χ1v) is 8.71. The lowest BCUT2D eigenvalue weighted by Gasteiger charge is -2.30. The van der Waals surface area contributed by atoms with E-state index in [1.165, 1.54) is 32.8 Å². The van der Waals surface area contributed by atoms with Crippen molar-refractivity contribution in [1.82, 2.24) is 5.32 Å². The van der Waals surface area contributed by atoms with Crippen LogP contribution in [-0.2, 0) is 0 Å². The van der Waals surface area contributed by atoms with Gasteiger partial charge in [0.25, 0.3) is 5.91 Å². The van der Waals surface area contributed by atoms with E-state index in [-0.39, 0.29) is 47.2 Å². The molecule has 3 N–H and O–H groups in total. The number of hydrogen-bond donors (Lipinski definition) is 2. The molecule has 1 amide bonds. The normalized spacial score (nSPS) is 15.6. The number of hydrogen-bond acceptors (Lipinski definition) is 5. The molecular formula is C18H27ClF2N2O4. The number of rotatable bonds is 8. The van der Waals surface area contributed by atoms with Crippen LogP contribution in [0.5, 0.6) is 17.2 Å². The Morgan fingerprint density at radius 3 is 2.19 bits per heavy atom. The van der Waals surface area contributed by atoms with Crippen LogP contribution >= 0.6 is 12.4 Å². The number of alkyl halides is 2. The molecule has 0 radical (unpaired) electrons. The van der Waals surface area contributed by atoms with Gasteiger partial charge in [-0.2, -0.15) is 8.78 Å². The van der Waals surface area contributed by atoms with E-state index in [9.17, 15) is 13.6 Å². The highest BCUT2D eigenvalue weighted by molar-refractivity contribution is 5.95. The highest BCUT2D eigenvalue weighted by Gasteiger charge is 2.26. The van der Waals surface area contributed by atoms with E-state index in [2.05, 4.69) is 10.1 Å². The van der Waals surface area contributed by atoms with Gasteiger partial charge in [-0.3, -0.25) is 4.79 Å². The van der Waals surface area contributed by atoms with Crippen molar-refractivity contribution in [1.29, 1.82) is 0 Å². The SMILES string of the molecule is COc1cc(C(=O)NC(CN)C2CCCCC2)cc(OC)c1OC(F)F.Cl. The predicted molar refractivity (Wildman–Crippen MR) is 100 cm³/mol. The standard InChI is InChI=1S/C18H26F2N2O4.ClH/c1-24-14-8-12(9-15(25-2)16(14)26-18(19)20)17(23)22-13(10-21)11-6-4-3-5-7-11;/h8-9,11,13,18H,3-7,10,21H2,1-2H3,(H,22,23);1H. The molecule has 0 aliphatic heterocycles. The van der Waals surface area contributed by atoms with Crippen molar-refractivity contribution < 1.29 is 27.8 Å². The minimum atomic E-state index is -3.04. The lowest BCUT2D eigenvalue weighted by molar-refractivity contribution is -0.0526. The molecule has 1 atom stereocenters. The average Bonchev–Trinajstić information content (AvgIpc) is 2.66. The lowest BCUT2D eigenvalue weighted by Crippen LogP contribution is -2.45. The van der Waals surface area contributed by atoms with E-state index >= 15 is 0 Å². The van der Waals surface area contributed by atoms with Crippen molar-refractivity contribution in [2.24, 2.45) is 11.7 Å². The maximum atomic E-state index is 12.7. The van der Waals surface area contributed by atoms with Crippen LogP contribution in [0, 0.1) is 5.92 Å². The van der Waals surface area contributed by atoms with E-state index < -0.39 is 6.61 Å². The molecule has 1 fully saturated rings. The van der Waals surface area contributed by atoms with Crippen LogP contribution in [0.1, 0.15) is 42.5 Å². The van der Waals surface area contributed by atoms with Gasteiger partial charge in [0.2, 0.25) is 5.75 Å². The first kappa shape index (κ1) is 23.2. The van der Waals surface area contributed by atoms with E-state index in [4.69, 9.17) is 15.2 Å². The molecule has 1 saturated carbocycles. The number of amides is 1. The van der Waals surface area contributed by atoms with Crippen LogP contribution in [0.2, 0.25) is 0 Å². The number of ether oxygens (including phenoxy) is 3. The van der Waals surface area contributed by atoms with Crippen LogP contribution in [0.15, 0.2) is 12.1 Å². The second-order valence-corrected chi connectivity index (χ2v) is 6.30. The largest absolute Gasteiger partial charge is 0.493 e. The molecular weight excluding hydrogens is 382 g/mol. The quantitative estimate of drug-likeness (QED) is 0.689. The Kier molecular flexibility index (Phi) is 9.59. The molecule has 154 valence electrons. The molecule has 1 aromatic carbocycles. The number of nitrogens with one attached hydrogen (secondary N) is 1. The van der Waals surface area contributed by atoms with E-state index in [0.29, 0.717) is 12.5 Å². The summed E-state index contributed by atoms with van der Waals surface area (Å²) in [6.45, 7) is -2.69. The van der Waals surface area contributed by atoms with Gasteiger partial charge in [-0.25, -0.2) is 0 Å². The predicted octanol–water partition coefficient (Wildman–Crippen LogP) is 3.36. The molecule has 6 nitrogen and oxygen atoms in total. The Labute approximate surface area is 164 Å². The van der Waals surface area contributed by atoms with Crippen molar-refractivity contribution in [2.75, 3.05) is 20.8 Å². The molecule has 1 aliphatic carbocycles. The van der Waals surface area contributed by atoms with Crippen LogP contribution < -0.4 is 25.3 Å². The monoisotopic (exact) mass is 408 g/mol.